The Balaban J connectivity index is 5.98. The number of aliphatic hydroxyl groups is 2. The lowest BCUT2D eigenvalue weighted by Gasteiger charge is -2.32. The van der Waals surface area contributed by atoms with Crippen LogP contribution in [0, 0.1) is 11.8 Å². The van der Waals surface area contributed by atoms with Crippen LogP contribution in [0.25, 0.3) is 0 Å². The first kappa shape index (κ1) is 33.2. The van der Waals surface area contributed by atoms with Gasteiger partial charge in [-0.25, -0.2) is 0 Å². The number of rotatable bonds is 17. The van der Waals surface area contributed by atoms with Crippen LogP contribution >= 0.6 is 0 Å². The molecule has 0 aliphatic rings. The van der Waals surface area contributed by atoms with Crippen molar-refractivity contribution in [1.82, 2.24) is 21.3 Å². The monoisotopic (exact) mass is 514 g/mol. The molecule has 0 aromatic carbocycles. The zero-order chi connectivity index (χ0) is 28.0. The van der Waals surface area contributed by atoms with Crippen LogP contribution in [0.1, 0.15) is 27.7 Å². The van der Waals surface area contributed by atoms with E-state index < -0.39 is 60.1 Å². The van der Waals surface area contributed by atoms with Crippen molar-refractivity contribution in [2.75, 3.05) is 27.3 Å². The lowest BCUT2D eigenvalue weighted by molar-refractivity contribution is -0.166. The van der Waals surface area contributed by atoms with E-state index in [-0.39, 0.29) is 25.0 Å². The van der Waals surface area contributed by atoms with Gasteiger partial charge in [-0.1, -0.05) is 39.8 Å². The van der Waals surface area contributed by atoms with Crippen molar-refractivity contribution in [3.63, 3.8) is 0 Å². The van der Waals surface area contributed by atoms with Gasteiger partial charge in [0.2, 0.25) is 11.8 Å². The summed E-state index contributed by atoms with van der Waals surface area (Å²) in [6.45, 7) is 13.5. The molecule has 0 saturated carbocycles. The molecule has 12 nitrogen and oxygen atoms in total. The predicted octanol–water partition coefficient (Wildman–Crippen LogP) is -1.38. The number of carbonyl (C=O) groups excluding carboxylic acids is 4. The summed E-state index contributed by atoms with van der Waals surface area (Å²) < 4.78 is 10.8. The van der Waals surface area contributed by atoms with Gasteiger partial charge in [-0.2, -0.15) is 0 Å². The Labute approximate surface area is 212 Å². The van der Waals surface area contributed by atoms with Gasteiger partial charge in [-0.3, -0.25) is 19.2 Å². The number of likely N-dealkylation sites (N-methyl/N-ethyl adjacent to an activating group) is 2. The molecule has 12 heteroatoms. The van der Waals surface area contributed by atoms with Crippen molar-refractivity contribution in [2.24, 2.45) is 11.8 Å². The Morgan fingerprint density at radius 1 is 0.694 bits per heavy atom. The van der Waals surface area contributed by atoms with E-state index in [1.54, 1.807) is 27.7 Å². The molecule has 4 amide bonds. The maximum Gasteiger partial charge on any atom is 0.252 e. The van der Waals surface area contributed by atoms with Crippen molar-refractivity contribution in [1.29, 1.82) is 0 Å². The second-order valence-electron chi connectivity index (χ2n) is 8.76. The van der Waals surface area contributed by atoms with Crippen molar-refractivity contribution in [2.45, 2.75) is 64.2 Å². The van der Waals surface area contributed by atoms with Crippen molar-refractivity contribution in [3.8, 4) is 0 Å². The van der Waals surface area contributed by atoms with Crippen LogP contribution in [0.4, 0.5) is 0 Å². The summed E-state index contributed by atoms with van der Waals surface area (Å²) in [5, 5.41) is 31.7. The maximum atomic E-state index is 13.0. The molecule has 0 fully saturated rings. The van der Waals surface area contributed by atoms with Crippen molar-refractivity contribution < 1.29 is 38.9 Å². The van der Waals surface area contributed by atoms with E-state index in [2.05, 4.69) is 34.4 Å². The highest BCUT2D eigenvalue weighted by molar-refractivity contribution is 5.91. The topological polar surface area (TPSA) is 175 Å². The third-order valence-electron chi connectivity index (χ3n) is 5.26. The first-order chi connectivity index (χ1) is 16.9. The highest BCUT2D eigenvalue weighted by Crippen LogP contribution is 2.15. The normalized spacial score (nSPS) is 16.2. The van der Waals surface area contributed by atoms with E-state index in [0.29, 0.717) is 0 Å². The van der Waals surface area contributed by atoms with Gasteiger partial charge in [0, 0.05) is 14.1 Å². The van der Waals surface area contributed by atoms with Crippen LogP contribution in [0.3, 0.4) is 0 Å². The molecule has 0 aliphatic heterocycles. The number of aliphatic hydroxyl groups excluding tert-OH is 2. The second-order valence-corrected chi connectivity index (χ2v) is 8.76. The zero-order valence-electron chi connectivity index (χ0n) is 21.9. The third kappa shape index (κ3) is 10.1. The van der Waals surface area contributed by atoms with Gasteiger partial charge in [0.15, 0.2) is 12.2 Å². The number of nitrogens with one attached hydrogen (secondary N) is 4. The molecule has 0 aromatic heterocycles. The minimum absolute atomic E-state index is 0.176. The molecular formula is C24H42N4O8. The Bertz CT molecular complexity index is 696. The van der Waals surface area contributed by atoms with E-state index in [9.17, 15) is 29.4 Å². The molecule has 0 aromatic rings. The molecule has 6 N–H and O–H groups in total. The van der Waals surface area contributed by atoms with Gasteiger partial charge >= 0.3 is 0 Å². The van der Waals surface area contributed by atoms with Crippen LogP contribution in [0.5, 0.6) is 0 Å². The molecule has 6 atom stereocenters. The zero-order valence-corrected chi connectivity index (χ0v) is 21.9. The first-order valence-electron chi connectivity index (χ1n) is 11.7. The fraction of sp³-hybridized carbons (Fsp3) is 0.667. The number of hydrogen-bond acceptors (Lipinski definition) is 8. The molecule has 0 aliphatic carbocycles. The third-order valence-corrected chi connectivity index (χ3v) is 5.26. The lowest BCUT2D eigenvalue weighted by atomic mass is 9.98. The van der Waals surface area contributed by atoms with Crippen LogP contribution in [0.2, 0.25) is 0 Å². The molecule has 0 heterocycles. The van der Waals surface area contributed by atoms with Gasteiger partial charge in [0.05, 0.1) is 13.2 Å². The molecule has 0 spiro atoms. The molecule has 206 valence electrons. The molecule has 0 saturated heterocycles. The summed E-state index contributed by atoms with van der Waals surface area (Å²) in [5.41, 5.74) is 0. The largest absolute Gasteiger partial charge is 0.387 e. The predicted molar refractivity (Wildman–Crippen MR) is 134 cm³/mol. The molecule has 36 heavy (non-hydrogen) atoms. The van der Waals surface area contributed by atoms with Gasteiger partial charge < -0.3 is 41.0 Å². The van der Waals surface area contributed by atoms with Crippen molar-refractivity contribution >= 4 is 23.6 Å². The summed E-state index contributed by atoms with van der Waals surface area (Å²) in [6, 6.07) is -1.89. The first-order valence-corrected chi connectivity index (χ1v) is 11.7. The van der Waals surface area contributed by atoms with Crippen LogP contribution < -0.4 is 21.3 Å². The average molecular weight is 515 g/mol. The Kier molecular flexibility index (Phi) is 15.5. The van der Waals surface area contributed by atoms with E-state index in [0.717, 1.165) is 0 Å². The van der Waals surface area contributed by atoms with Gasteiger partial charge in [-0.05, 0) is 11.8 Å². The molecule has 0 radical (unpaired) electrons. The minimum atomic E-state index is -1.96. The molecule has 0 rings (SSSR count). The summed E-state index contributed by atoms with van der Waals surface area (Å²) in [4.78, 5) is 50.3. The smallest absolute Gasteiger partial charge is 0.252 e. The number of carbonyl (C=O) groups is 4. The quantitative estimate of drug-likeness (QED) is 0.129. The lowest BCUT2D eigenvalue weighted by Crippen LogP contribution is -2.60. The maximum absolute atomic E-state index is 13.0. The van der Waals surface area contributed by atoms with E-state index >= 15 is 0 Å². The highest BCUT2D eigenvalue weighted by Gasteiger charge is 2.42. The van der Waals surface area contributed by atoms with E-state index in [1.165, 1.54) is 26.2 Å². The average Bonchev–Trinajstić information content (AvgIpc) is 2.84. The Hall–Kier alpha value is -2.80. The number of ether oxygens (including phenoxy) is 2. The van der Waals surface area contributed by atoms with Gasteiger partial charge in [-0.15, -0.1) is 13.2 Å². The molecular weight excluding hydrogens is 472 g/mol. The molecule has 0 unspecified atom stereocenters. The Morgan fingerprint density at radius 3 is 1.22 bits per heavy atom. The minimum Gasteiger partial charge on any atom is -0.387 e. The number of hydrogen-bond donors (Lipinski definition) is 6. The molecule has 0 bridgehead atoms. The van der Waals surface area contributed by atoms with Crippen LogP contribution in [-0.4, -0.2) is 97.7 Å². The second kappa shape index (κ2) is 16.8. The van der Waals surface area contributed by atoms with Gasteiger partial charge in [0.25, 0.3) is 11.8 Å². The highest BCUT2D eigenvalue weighted by atomic mass is 16.5. The van der Waals surface area contributed by atoms with E-state index in [4.69, 9.17) is 9.47 Å². The number of amides is 4. The summed E-state index contributed by atoms with van der Waals surface area (Å²) in [7, 11) is 2.83. The van der Waals surface area contributed by atoms with Crippen LogP contribution in [-0.2, 0) is 28.7 Å². The van der Waals surface area contributed by atoms with Crippen molar-refractivity contribution in [3.05, 3.63) is 25.3 Å². The fourth-order valence-corrected chi connectivity index (χ4v) is 3.21. The SMILES string of the molecule is C=CCO[C@@H](C(=O)N[C@H](C(=O)NC)C(C)C)[C@H](O)[C@@H](O)[C@@H](OCC=C)C(=O)N[C@H](C(=O)NC)C(C)C. The standard InChI is InChI=1S/C24H42N4O8/c1-9-11-35-19(23(33)27-15(13(3)4)21(31)25-7)17(29)18(30)20(36-12-10-2)24(34)28-16(14(5)6)22(32)26-8/h9-10,13-20,29-30H,1-2,11-12H2,3-8H3,(H,25,31)(H,26,32)(H,27,33)(H,28,34)/t15-,16-,17+,18+,19+,20+/m0/s1. The fourth-order valence-electron chi connectivity index (χ4n) is 3.21. The summed E-state index contributed by atoms with van der Waals surface area (Å²) in [6.07, 6.45) is -4.64. The van der Waals surface area contributed by atoms with E-state index in [1.807, 2.05) is 0 Å². The van der Waals surface area contributed by atoms with Crippen LogP contribution in [0.15, 0.2) is 25.3 Å². The summed E-state index contributed by atoms with van der Waals surface area (Å²) in [5.74, 6) is -3.31. The van der Waals surface area contributed by atoms with Gasteiger partial charge in [0.1, 0.15) is 24.3 Å². The Morgan fingerprint density at radius 2 is 1.00 bits per heavy atom. The summed E-state index contributed by atoms with van der Waals surface area (Å²) >= 11 is 0.